The Hall–Kier alpha value is -1.11. The number of carbonyl (C=O) groups is 1. The predicted octanol–water partition coefficient (Wildman–Crippen LogP) is 2.51. The van der Waals surface area contributed by atoms with Crippen LogP contribution in [-0.4, -0.2) is 21.6 Å². The van der Waals surface area contributed by atoms with Gasteiger partial charge in [-0.05, 0) is 30.8 Å². The third kappa shape index (κ3) is 1.91. The molecule has 16 heavy (non-hydrogen) atoms. The molecule has 1 aromatic heterocycles. The van der Waals surface area contributed by atoms with E-state index < -0.39 is 18.1 Å². The summed E-state index contributed by atoms with van der Waals surface area (Å²) in [6, 6.07) is 0. The van der Waals surface area contributed by atoms with Gasteiger partial charge in [0.15, 0.2) is 5.69 Å². The van der Waals surface area contributed by atoms with Crippen LogP contribution in [0.4, 0.5) is 13.2 Å². The number of halogens is 3. The summed E-state index contributed by atoms with van der Waals surface area (Å²) in [6.07, 6.45) is -4.21. The van der Waals surface area contributed by atoms with Gasteiger partial charge in [-0.25, -0.2) is 4.79 Å². The van der Waals surface area contributed by atoms with E-state index in [0.717, 1.165) is 11.5 Å². The highest BCUT2D eigenvalue weighted by molar-refractivity contribution is 7.06. The first-order chi connectivity index (χ1) is 7.39. The minimum atomic E-state index is -4.25. The van der Waals surface area contributed by atoms with Gasteiger partial charge in [0.2, 0.25) is 0 Å². The molecule has 1 aromatic rings. The molecule has 7 heteroatoms. The molecule has 1 aliphatic carbocycles. The Morgan fingerprint density at radius 1 is 1.50 bits per heavy atom. The third-order valence-corrected chi connectivity index (χ3v) is 3.65. The smallest absolute Gasteiger partial charge is 0.392 e. The molecule has 0 amide bonds. The van der Waals surface area contributed by atoms with Crippen molar-refractivity contribution in [2.24, 2.45) is 5.92 Å². The van der Waals surface area contributed by atoms with Gasteiger partial charge in [0, 0.05) is 10.4 Å². The van der Waals surface area contributed by atoms with Crippen molar-refractivity contribution in [3.8, 4) is 0 Å². The van der Waals surface area contributed by atoms with Crippen molar-refractivity contribution in [2.75, 3.05) is 0 Å². The van der Waals surface area contributed by atoms with Crippen molar-refractivity contribution in [1.29, 1.82) is 0 Å². The van der Waals surface area contributed by atoms with Crippen molar-refractivity contribution in [3.63, 3.8) is 0 Å². The van der Waals surface area contributed by atoms with E-state index in [0.29, 0.717) is 4.88 Å². The highest BCUT2D eigenvalue weighted by atomic mass is 32.1. The second-order valence-electron chi connectivity index (χ2n) is 3.72. The molecule has 1 unspecified atom stereocenters. The number of carboxylic acids is 1. The molecule has 1 N–H and O–H groups in total. The Morgan fingerprint density at radius 2 is 2.19 bits per heavy atom. The lowest BCUT2D eigenvalue weighted by atomic mass is 9.87. The first-order valence-corrected chi connectivity index (χ1v) is 5.44. The van der Waals surface area contributed by atoms with Crippen LogP contribution in [0.2, 0.25) is 0 Å². The van der Waals surface area contributed by atoms with Crippen LogP contribution in [0.15, 0.2) is 0 Å². The molecule has 3 nitrogen and oxygen atoms in total. The molecule has 0 radical (unpaired) electrons. The first-order valence-electron chi connectivity index (χ1n) is 4.67. The Labute approximate surface area is 93.1 Å². The second kappa shape index (κ2) is 3.73. The van der Waals surface area contributed by atoms with E-state index in [9.17, 15) is 18.0 Å². The van der Waals surface area contributed by atoms with E-state index in [1.807, 2.05) is 0 Å². The quantitative estimate of drug-likeness (QED) is 0.834. The van der Waals surface area contributed by atoms with Crippen molar-refractivity contribution in [2.45, 2.75) is 25.4 Å². The second-order valence-corrected chi connectivity index (χ2v) is 4.58. The molecule has 0 bridgehead atoms. The first kappa shape index (κ1) is 11.4. The third-order valence-electron chi connectivity index (χ3n) is 2.71. The minimum Gasteiger partial charge on any atom is -0.476 e. The van der Waals surface area contributed by atoms with Gasteiger partial charge >= 0.3 is 12.1 Å². The maximum Gasteiger partial charge on any atom is 0.392 e. The lowest BCUT2D eigenvalue weighted by Gasteiger charge is -2.24. The Morgan fingerprint density at radius 3 is 2.75 bits per heavy atom. The number of fused-ring (bicyclic) bond motifs is 1. The van der Waals surface area contributed by atoms with E-state index in [1.165, 1.54) is 0 Å². The highest BCUT2D eigenvalue weighted by Gasteiger charge is 2.42. The molecule has 0 spiro atoms. The number of nitrogens with zero attached hydrogens (tertiary/aromatic N) is 1. The zero-order valence-electron chi connectivity index (χ0n) is 8.04. The summed E-state index contributed by atoms with van der Waals surface area (Å²) in [6.45, 7) is 0. The maximum atomic E-state index is 12.5. The molecule has 0 aromatic carbocycles. The average molecular weight is 251 g/mol. The summed E-state index contributed by atoms with van der Waals surface area (Å²) < 4.78 is 41.2. The van der Waals surface area contributed by atoms with Crippen molar-refractivity contribution in [1.82, 2.24) is 4.37 Å². The zero-order valence-corrected chi connectivity index (χ0v) is 8.86. The van der Waals surface area contributed by atoms with Crippen molar-refractivity contribution in [3.05, 3.63) is 16.1 Å². The number of aromatic carboxylic acids is 1. The van der Waals surface area contributed by atoms with E-state index in [2.05, 4.69) is 4.37 Å². The van der Waals surface area contributed by atoms with Crippen LogP contribution in [0.25, 0.3) is 0 Å². The van der Waals surface area contributed by atoms with E-state index in [1.54, 1.807) is 0 Å². The highest BCUT2D eigenvalue weighted by Crippen LogP contribution is 2.39. The molecule has 88 valence electrons. The molecule has 0 aliphatic heterocycles. The van der Waals surface area contributed by atoms with Gasteiger partial charge in [-0.3, -0.25) is 0 Å². The summed E-state index contributed by atoms with van der Waals surface area (Å²) in [5.41, 5.74) is 0.0556. The van der Waals surface area contributed by atoms with Gasteiger partial charge in [0.05, 0.1) is 5.92 Å². The summed E-state index contributed by atoms with van der Waals surface area (Å²) >= 11 is 0.995. The zero-order chi connectivity index (χ0) is 11.9. The van der Waals surface area contributed by atoms with Crippen molar-refractivity contribution < 1.29 is 23.1 Å². The summed E-state index contributed by atoms with van der Waals surface area (Å²) in [4.78, 5) is 11.4. The fourth-order valence-electron chi connectivity index (χ4n) is 1.85. The Balaban J connectivity index is 2.31. The number of alkyl halides is 3. The molecule has 0 fully saturated rings. The van der Waals surface area contributed by atoms with E-state index in [4.69, 9.17) is 5.11 Å². The van der Waals surface area contributed by atoms with Crippen LogP contribution < -0.4 is 0 Å². The van der Waals surface area contributed by atoms with Crippen LogP contribution >= 0.6 is 11.5 Å². The number of rotatable bonds is 1. The standard InChI is InChI=1S/C9H8F3NO2S/c10-9(11,12)4-1-2-6-5(3-4)7(8(14)15)13-16-6/h4H,1-3H2,(H,14,15). The lowest BCUT2D eigenvalue weighted by molar-refractivity contribution is -0.177. The summed E-state index contributed by atoms with van der Waals surface area (Å²) in [7, 11) is 0. The number of aryl methyl sites for hydroxylation is 1. The molecule has 1 heterocycles. The largest absolute Gasteiger partial charge is 0.476 e. The number of hydrogen-bond donors (Lipinski definition) is 1. The van der Waals surface area contributed by atoms with Gasteiger partial charge in [-0.1, -0.05) is 0 Å². The van der Waals surface area contributed by atoms with Gasteiger partial charge in [-0.15, -0.1) is 0 Å². The molecule has 1 aliphatic rings. The van der Waals surface area contributed by atoms with Crippen LogP contribution in [0.1, 0.15) is 27.3 Å². The number of carboxylic acid groups (broad SMARTS) is 1. The molecule has 0 saturated heterocycles. The summed E-state index contributed by atoms with van der Waals surface area (Å²) in [5, 5.41) is 8.78. The van der Waals surface area contributed by atoms with Gasteiger partial charge < -0.3 is 5.11 Å². The molecule has 0 saturated carbocycles. The average Bonchev–Trinajstić information content (AvgIpc) is 2.58. The van der Waals surface area contributed by atoms with Crippen LogP contribution in [0.3, 0.4) is 0 Å². The molecule has 2 rings (SSSR count). The van der Waals surface area contributed by atoms with Crippen LogP contribution in [-0.2, 0) is 12.8 Å². The van der Waals surface area contributed by atoms with Gasteiger partial charge in [0.25, 0.3) is 0 Å². The van der Waals surface area contributed by atoms with Crippen LogP contribution in [0.5, 0.6) is 0 Å². The topological polar surface area (TPSA) is 50.2 Å². The lowest BCUT2D eigenvalue weighted by Crippen LogP contribution is -2.29. The fourth-order valence-corrected chi connectivity index (χ4v) is 2.74. The SMILES string of the molecule is O=C(O)c1nsc2c1CC(C(F)(F)F)CC2. The maximum absolute atomic E-state index is 12.5. The predicted molar refractivity (Wildman–Crippen MR) is 50.6 cm³/mol. The van der Waals surface area contributed by atoms with Crippen molar-refractivity contribution >= 4 is 17.5 Å². The van der Waals surface area contributed by atoms with Gasteiger partial charge in [-0.2, -0.15) is 17.5 Å². The fraction of sp³-hybridized carbons (Fsp3) is 0.556. The van der Waals surface area contributed by atoms with Crippen LogP contribution in [0, 0.1) is 5.92 Å². The number of hydrogen-bond acceptors (Lipinski definition) is 3. The van der Waals surface area contributed by atoms with Gasteiger partial charge in [0.1, 0.15) is 0 Å². The molecular weight excluding hydrogens is 243 g/mol. The number of aromatic nitrogens is 1. The van der Waals surface area contributed by atoms with E-state index in [-0.39, 0.29) is 30.5 Å². The minimum absolute atomic E-state index is 0.0255. The Bertz CT molecular complexity index is 427. The Kier molecular flexibility index (Phi) is 2.65. The normalized spacial score (nSPS) is 20.6. The molecule has 1 atom stereocenters. The monoisotopic (exact) mass is 251 g/mol. The van der Waals surface area contributed by atoms with E-state index >= 15 is 0 Å². The summed E-state index contributed by atoms with van der Waals surface area (Å²) in [5.74, 6) is -2.69. The molecular formula is C9H8F3NO2S.